The molecular formula is C75H127N19O17. The number of nitrogens with one attached hydrogen (secondary N) is 14. The maximum absolute atomic E-state index is 14.7. The van der Waals surface area contributed by atoms with Gasteiger partial charge in [0, 0.05) is 23.5 Å². The summed E-state index contributed by atoms with van der Waals surface area (Å²) >= 11 is 0. The fourth-order valence-electron chi connectivity index (χ4n) is 11.8. The van der Waals surface area contributed by atoms with Crippen LogP contribution in [-0.2, 0) is 83.1 Å². The van der Waals surface area contributed by atoms with Gasteiger partial charge in [-0.2, -0.15) is 0 Å². The molecule has 624 valence electrons. The van der Waals surface area contributed by atoms with E-state index in [9.17, 15) is 81.8 Å². The highest BCUT2D eigenvalue weighted by atomic mass is 16.4. The molecule has 2 rings (SSSR count). The van der Waals surface area contributed by atoms with Gasteiger partial charge < -0.3 is 108 Å². The number of H-pyrrole nitrogens is 1. The van der Waals surface area contributed by atoms with Gasteiger partial charge in [-0.15, -0.1) is 0 Å². The van der Waals surface area contributed by atoms with E-state index in [4.69, 9.17) is 28.7 Å². The smallest absolute Gasteiger partial charge is 0.305 e. The van der Waals surface area contributed by atoms with E-state index >= 15 is 0 Å². The molecule has 25 N–H and O–H groups in total. The van der Waals surface area contributed by atoms with Crippen LogP contribution in [0, 0.1) is 35.5 Å². The SMILES string of the molecule is CC[C@H](C)[C@H](N)C(=O)N[C@@H](CC(N)=O)C(=O)N[C@@H](Cc1c[nH]c2ccccc12)C(=O)N[C@@H](CC(C)C)C(=O)N[C@@H](CCCCN)C(=O)N[C@@H](CC(C)C)C(=O)NCC(=O)N[C@@H](CCCCN)C(=O)N[C@@H](C)C(=O)N[C@H](C(=O)N[C@H](C(=O)N[C@@H](CC(=O)O)C(=O)N[C@@H](C)C(=O)N[C@@H](CC(C)C)C(N)=O)[C@@H](C)CC)[C@@H](C)CC. The van der Waals surface area contributed by atoms with E-state index < -0.39 is 204 Å². The molecule has 0 unspecified atom stereocenters. The number of carboxylic acids is 1. The molecule has 1 aromatic carbocycles. The van der Waals surface area contributed by atoms with Gasteiger partial charge in [0.1, 0.15) is 72.5 Å². The minimum Gasteiger partial charge on any atom is -0.481 e. The van der Waals surface area contributed by atoms with E-state index in [2.05, 4.69) is 74.1 Å². The highest BCUT2D eigenvalue weighted by Gasteiger charge is 2.39. The van der Waals surface area contributed by atoms with Gasteiger partial charge in [-0.25, -0.2) is 0 Å². The van der Waals surface area contributed by atoms with Crippen molar-refractivity contribution in [1.82, 2.24) is 74.1 Å². The van der Waals surface area contributed by atoms with Crippen LogP contribution in [0.3, 0.4) is 0 Å². The molecule has 15 amide bonds. The third kappa shape index (κ3) is 34.5. The van der Waals surface area contributed by atoms with Crippen LogP contribution in [0.2, 0.25) is 0 Å². The minimum absolute atomic E-state index is 0.00867. The van der Waals surface area contributed by atoms with Crippen molar-refractivity contribution in [2.45, 2.75) is 272 Å². The molecule has 0 radical (unpaired) electrons. The standard InChI is InChI=1S/C75H127N19O17/c1-15-41(10)60(79)73(109)91-55(34-57(78)95)72(108)90-54(33-46-36-81-48-25-19-18-24-47(46)48)71(107)89-53(32-40(8)9)70(106)86-50(27-21-23-29-77)68(104)88-52(31-39(6)7)66(102)82-37-58(96)85-49(26-20-22-28-76)67(103)83-45(14)65(101)93-62(43(12)17-3)75(111)94-61(42(11)16-2)74(110)92-56(35-59(97)98)69(105)84-44(13)64(100)87-51(63(80)99)30-38(4)5/h18-19,24-25,36,38-45,49-56,60-62,81H,15-17,20-23,26-35,37,76-77,79H2,1-14H3,(H2,78,95)(H2,80,99)(H,82,102)(H,83,103)(H,84,105)(H,85,96)(H,86,106)(H,87,100)(H,88,104)(H,89,107)(H,90,108)(H,91,109)(H,92,110)(H,93,101)(H,94,111)(H,97,98)/t41-,42-,43-,44-,45-,49-,50-,51-,52-,53-,54-,55-,56-,60-,61-,62-/m0/s1. The molecule has 36 nitrogen and oxygen atoms in total. The van der Waals surface area contributed by atoms with E-state index in [-0.39, 0.29) is 81.7 Å². The number of carbonyl (C=O) groups excluding carboxylic acids is 15. The Morgan fingerprint density at radius 3 is 1.30 bits per heavy atom. The molecule has 0 saturated heterocycles. The molecule has 36 heteroatoms. The Morgan fingerprint density at radius 1 is 0.414 bits per heavy atom. The van der Waals surface area contributed by atoms with Crippen LogP contribution >= 0.6 is 0 Å². The maximum Gasteiger partial charge on any atom is 0.305 e. The Labute approximate surface area is 650 Å². The third-order valence-corrected chi connectivity index (χ3v) is 19.1. The minimum atomic E-state index is -1.76. The average molecular weight is 1570 g/mol. The monoisotopic (exact) mass is 1570 g/mol. The summed E-state index contributed by atoms with van der Waals surface area (Å²) in [6.07, 6.45) is 2.78. The Bertz CT molecular complexity index is 3460. The number of rotatable bonds is 53. The summed E-state index contributed by atoms with van der Waals surface area (Å²) in [5.41, 5.74) is 30.1. The van der Waals surface area contributed by atoms with E-state index in [1.54, 1.807) is 101 Å². The predicted molar refractivity (Wildman–Crippen MR) is 415 cm³/mol. The molecule has 0 bridgehead atoms. The number of aliphatic carboxylic acids is 1. The molecule has 1 heterocycles. The fourth-order valence-corrected chi connectivity index (χ4v) is 11.8. The zero-order valence-electron chi connectivity index (χ0n) is 67.0. The summed E-state index contributed by atoms with van der Waals surface area (Å²) in [7, 11) is 0. The van der Waals surface area contributed by atoms with Crippen molar-refractivity contribution < 1.29 is 81.8 Å². The number of unbranched alkanes of at least 4 members (excludes halogenated alkanes) is 2. The number of aromatic nitrogens is 1. The van der Waals surface area contributed by atoms with Crippen molar-refractivity contribution in [2.75, 3.05) is 19.6 Å². The number of nitrogens with two attached hydrogens (primary N) is 5. The van der Waals surface area contributed by atoms with Gasteiger partial charge in [-0.05, 0) is 132 Å². The Kier molecular flexibility index (Phi) is 43.3. The van der Waals surface area contributed by atoms with Crippen LogP contribution in [0.15, 0.2) is 30.5 Å². The summed E-state index contributed by atoms with van der Waals surface area (Å²) in [5.74, 6) is -16.5. The molecule has 0 aliphatic rings. The van der Waals surface area contributed by atoms with Crippen molar-refractivity contribution >= 4 is 105 Å². The van der Waals surface area contributed by atoms with Crippen LogP contribution in [0.1, 0.15) is 192 Å². The molecule has 16 atom stereocenters. The largest absolute Gasteiger partial charge is 0.481 e. The highest BCUT2D eigenvalue weighted by molar-refractivity contribution is 6.01. The number of carbonyl (C=O) groups is 16. The van der Waals surface area contributed by atoms with Crippen molar-refractivity contribution in [3.63, 3.8) is 0 Å². The van der Waals surface area contributed by atoms with Crippen LogP contribution < -0.4 is 97.8 Å². The predicted octanol–water partition coefficient (Wildman–Crippen LogP) is -1.62. The Hall–Kier alpha value is -9.84. The summed E-state index contributed by atoms with van der Waals surface area (Å²) in [6, 6.07) is -10.4. The van der Waals surface area contributed by atoms with Crippen molar-refractivity contribution in [3.05, 3.63) is 36.0 Å². The molecule has 0 spiro atoms. The van der Waals surface area contributed by atoms with Gasteiger partial charge in [0.25, 0.3) is 0 Å². The normalized spacial score (nSPS) is 15.7. The second-order valence-electron chi connectivity index (χ2n) is 30.1. The first-order valence-electron chi connectivity index (χ1n) is 38.5. The highest BCUT2D eigenvalue weighted by Crippen LogP contribution is 2.21. The summed E-state index contributed by atoms with van der Waals surface area (Å²) in [6.45, 7) is 23.3. The van der Waals surface area contributed by atoms with Crippen LogP contribution in [0.4, 0.5) is 0 Å². The van der Waals surface area contributed by atoms with Crippen LogP contribution in [0.25, 0.3) is 10.9 Å². The molecule has 0 aliphatic carbocycles. The topological polar surface area (TPSA) is 596 Å². The number of fused-ring (bicyclic) bond motifs is 1. The molecule has 2 aromatic rings. The summed E-state index contributed by atoms with van der Waals surface area (Å²) < 4.78 is 0. The van der Waals surface area contributed by atoms with Gasteiger partial charge in [-0.1, -0.05) is 121 Å². The molecule has 0 saturated carbocycles. The molecule has 0 fully saturated rings. The molecule has 111 heavy (non-hydrogen) atoms. The second-order valence-corrected chi connectivity index (χ2v) is 30.1. The third-order valence-electron chi connectivity index (χ3n) is 19.1. The van der Waals surface area contributed by atoms with E-state index in [0.717, 1.165) is 0 Å². The lowest BCUT2D eigenvalue weighted by Gasteiger charge is -2.30. The molecule has 0 aliphatic heterocycles. The number of carboxylic acid groups (broad SMARTS) is 1. The van der Waals surface area contributed by atoms with Crippen molar-refractivity contribution in [1.29, 1.82) is 0 Å². The molecule has 1 aromatic heterocycles. The van der Waals surface area contributed by atoms with Crippen LogP contribution in [-0.4, -0.2) is 203 Å². The zero-order chi connectivity index (χ0) is 84.1. The number of aromatic amines is 1. The zero-order valence-corrected chi connectivity index (χ0v) is 67.0. The summed E-state index contributed by atoms with van der Waals surface area (Å²) in [4.78, 5) is 222. The maximum atomic E-state index is 14.7. The van der Waals surface area contributed by atoms with Crippen molar-refractivity contribution in [3.8, 4) is 0 Å². The van der Waals surface area contributed by atoms with Crippen molar-refractivity contribution in [2.24, 2.45) is 64.2 Å². The Balaban J connectivity index is 2.38. The lowest BCUT2D eigenvalue weighted by Crippen LogP contribution is -2.61. The van der Waals surface area contributed by atoms with Gasteiger partial charge in [-0.3, -0.25) is 76.7 Å². The number of hydrogen-bond acceptors (Lipinski definition) is 19. The first kappa shape index (κ1) is 97.2. The fraction of sp³-hybridized carbons (Fsp3) is 0.680. The Morgan fingerprint density at radius 2 is 0.802 bits per heavy atom. The number of para-hydroxylation sites is 1. The number of amides is 15. The quantitative estimate of drug-likeness (QED) is 0.0331. The van der Waals surface area contributed by atoms with E-state index in [1.807, 2.05) is 13.0 Å². The van der Waals surface area contributed by atoms with Gasteiger partial charge >= 0.3 is 5.97 Å². The van der Waals surface area contributed by atoms with Crippen LogP contribution in [0.5, 0.6) is 0 Å². The van der Waals surface area contributed by atoms with Gasteiger partial charge in [0.2, 0.25) is 88.6 Å². The van der Waals surface area contributed by atoms with E-state index in [0.29, 0.717) is 55.0 Å². The lowest BCUT2D eigenvalue weighted by molar-refractivity contribution is -0.142. The van der Waals surface area contributed by atoms with Gasteiger partial charge in [0.05, 0.1) is 25.4 Å². The lowest BCUT2D eigenvalue weighted by atomic mass is 9.94. The first-order chi connectivity index (χ1) is 52.1. The number of primary amides is 2. The van der Waals surface area contributed by atoms with E-state index in [1.165, 1.54) is 13.8 Å². The molecular weight excluding hydrogens is 1440 g/mol. The first-order valence-corrected chi connectivity index (χ1v) is 38.5. The average Bonchev–Trinajstić information content (AvgIpc) is 1.70. The van der Waals surface area contributed by atoms with Gasteiger partial charge in [0.15, 0.2) is 0 Å². The number of hydrogen-bond donors (Lipinski definition) is 20. The number of benzene rings is 1. The summed E-state index contributed by atoms with van der Waals surface area (Å²) in [5, 5.41) is 44.0. The second kappa shape index (κ2) is 49.4.